The fraction of sp³-hybridized carbons (Fsp3) is 0. The minimum absolute atomic E-state index is 0.233. The van der Waals surface area contributed by atoms with Crippen molar-refractivity contribution in [3.8, 4) is 22.0 Å². The van der Waals surface area contributed by atoms with Crippen LogP contribution in [0.15, 0.2) is 91.0 Å². The molecule has 0 aliphatic rings. The average molecular weight is 408 g/mol. The Morgan fingerprint density at radius 2 is 1.30 bits per heavy atom. The number of carbonyl (C=O) groups is 1. The lowest BCUT2D eigenvalue weighted by Crippen LogP contribution is -2.13. The summed E-state index contributed by atoms with van der Waals surface area (Å²) in [5.74, 6) is 0.727. The van der Waals surface area contributed by atoms with E-state index in [1.165, 1.54) is 11.3 Å². The molecule has 0 saturated carbocycles. The number of benzene rings is 3. The van der Waals surface area contributed by atoms with Crippen LogP contribution in [0.1, 0.15) is 10.4 Å². The van der Waals surface area contributed by atoms with Crippen LogP contribution in [-0.4, -0.2) is 20.9 Å². The summed E-state index contributed by atoms with van der Waals surface area (Å²) in [6, 6.07) is 28.7. The second kappa shape index (κ2) is 7.85. The van der Waals surface area contributed by atoms with Crippen molar-refractivity contribution < 1.29 is 4.79 Å². The van der Waals surface area contributed by atoms with Crippen molar-refractivity contribution in [3.63, 3.8) is 0 Å². The van der Waals surface area contributed by atoms with Crippen LogP contribution in [0.25, 0.3) is 32.3 Å². The molecule has 0 aliphatic carbocycles. The smallest absolute Gasteiger partial charge is 0.256 e. The maximum Gasteiger partial charge on any atom is 0.256 e. The molecule has 0 aliphatic heterocycles. The fourth-order valence-electron chi connectivity index (χ4n) is 3.10. The third kappa shape index (κ3) is 3.56. The zero-order chi connectivity index (χ0) is 20.3. The van der Waals surface area contributed by atoms with Crippen LogP contribution < -0.4 is 5.32 Å². The number of anilines is 1. The molecule has 5 rings (SSSR count). The molecule has 3 aromatic carbocycles. The molecule has 1 N–H and O–H groups in total. The molecule has 0 fully saturated rings. The standard InChI is InChI=1S/C24H16N4OS/c29-22(17-12-6-2-7-13-17)27-21-19-24(28-20(26-21)16-10-4-1-5-11-16)30-23(25-19)18-14-8-3-9-15-18/h1-15H,(H,26,27,28,29). The molecule has 144 valence electrons. The molecule has 2 heterocycles. The molecule has 0 saturated heterocycles. The normalized spacial score (nSPS) is 10.8. The van der Waals surface area contributed by atoms with E-state index in [0.717, 1.165) is 21.0 Å². The Balaban J connectivity index is 1.64. The minimum atomic E-state index is -0.233. The van der Waals surface area contributed by atoms with E-state index in [0.29, 0.717) is 22.7 Å². The van der Waals surface area contributed by atoms with Gasteiger partial charge in [0.15, 0.2) is 11.6 Å². The highest BCUT2D eigenvalue weighted by Gasteiger charge is 2.17. The largest absolute Gasteiger partial charge is 0.305 e. The first kappa shape index (κ1) is 18.1. The van der Waals surface area contributed by atoms with E-state index in [9.17, 15) is 4.79 Å². The van der Waals surface area contributed by atoms with Gasteiger partial charge in [-0.2, -0.15) is 0 Å². The maximum atomic E-state index is 12.8. The van der Waals surface area contributed by atoms with Crippen LogP contribution in [0.3, 0.4) is 0 Å². The number of thiazole rings is 1. The monoisotopic (exact) mass is 408 g/mol. The lowest BCUT2D eigenvalue weighted by molar-refractivity contribution is 0.102. The van der Waals surface area contributed by atoms with Gasteiger partial charge in [0.25, 0.3) is 5.91 Å². The van der Waals surface area contributed by atoms with E-state index in [-0.39, 0.29) is 5.91 Å². The van der Waals surface area contributed by atoms with E-state index in [4.69, 9.17) is 9.97 Å². The van der Waals surface area contributed by atoms with Crippen molar-refractivity contribution in [2.75, 3.05) is 5.32 Å². The van der Waals surface area contributed by atoms with Gasteiger partial charge in [0.05, 0.1) is 0 Å². The fourth-order valence-corrected chi connectivity index (χ4v) is 4.04. The van der Waals surface area contributed by atoms with E-state index in [1.54, 1.807) is 12.1 Å². The van der Waals surface area contributed by atoms with Gasteiger partial charge >= 0.3 is 0 Å². The minimum Gasteiger partial charge on any atom is -0.305 e. The molecule has 6 heteroatoms. The van der Waals surface area contributed by atoms with Crippen molar-refractivity contribution in [2.24, 2.45) is 0 Å². The molecule has 2 aromatic heterocycles. The lowest BCUT2D eigenvalue weighted by atomic mass is 10.2. The Hall–Kier alpha value is -3.90. The first-order valence-electron chi connectivity index (χ1n) is 9.44. The average Bonchev–Trinajstić information content (AvgIpc) is 3.25. The number of nitrogens with one attached hydrogen (secondary N) is 1. The van der Waals surface area contributed by atoms with Crippen LogP contribution in [0.2, 0.25) is 0 Å². The second-order valence-corrected chi connectivity index (χ2v) is 7.60. The topological polar surface area (TPSA) is 67.8 Å². The van der Waals surface area contributed by atoms with E-state index in [2.05, 4.69) is 10.3 Å². The summed E-state index contributed by atoms with van der Waals surface area (Å²) in [6.45, 7) is 0. The molecule has 0 atom stereocenters. The Morgan fingerprint density at radius 1 is 0.700 bits per heavy atom. The van der Waals surface area contributed by atoms with Gasteiger partial charge in [-0.25, -0.2) is 15.0 Å². The summed E-state index contributed by atoms with van der Waals surface area (Å²) in [4.78, 5) is 27.6. The van der Waals surface area contributed by atoms with Gasteiger partial charge in [0.2, 0.25) is 0 Å². The number of carbonyl (C=O) groups excluding carboxylic acids is 1. The summed E-state index contributed by atoms with van der Waals surface area (Å²) >= 11 is 1.48. The summed E-state index contributed by atoms with van der Waals surface area (Å²) in [7, 11) is 0. The van der Waals surface area contributed by atoms with Crippen LogP contribution in [-0.2, 0) is 0 Å². The number of amides is 1. The molecule has 5 nitrogen and oxygen atoms in total. The van der Waals surface area contributed by atoms with Gasteiger partial charge in [-0.05, 0) is 12.1 Å². The number of hydrogen-bond donors (Lipinski definition) is 1. The number of aromatic nitrogens is 3. The third-order valence-electron chi connectivity index (χ3n) is 4.58. The maximum absolute atomic E-state index is 12.8. The summed E-state index contributed by atoms with van der Waals surface area (Å²) < 4.78 is 0. The molecule has 0 spiro atoms. The van der Waals surface area contributed by atoms with Crippen LogP contribution >= 0.6 is 11.3 Å². The van der Waals surface area contributed by atoms with Crippen LogP contribution in [0.4, 0.5) is 5.82 Å². The zero-order valence-electron chi connectivity index (χ0n) is 15.8. The van der Waals surface area contributed by atoms with Crippen molar-refractivity contribution in [2.45, 2.75) is 0 Å². The molecular formula is C24H16N4OS. The Kier molecular flexibility index (Phi) is 4.75. The number of hydrogen-bond acceptors (Lipinski definition) is 5. The number of nitrogens with zero attached hydrogens (tertiary/aromatic N) is 3. The van der Waals surface area contributed by atoms with Crippen LogP contribution in [0.5, 0.6) is 0 Å². The van der Waals surface area contributed by atoms with Crippen molar-refractivity contribution >= 4 is 33.4 Å². The van der Waals surface area contributed by atoms with Crippen molar-refractivity contribution in [3.05, 3.63) is 96.6 Å². The van der Waals surface area contributed by atoms with Crippen molar-refractivity contribution in [1.29, 1.82) is 0 Å². The third-order valence-corrected chi connectivity index (χ3v) is 5.58. The van der Waals surface area contributed by atoms with Gasteiger partial charge in [-0.1, -0.05) is 90.2 Å². The first-order valence-corrected chi connectivity index (χ1v) is 10.3. The van der Waals surface area contributed by atoms with Gasteiger partial charge in [0.1, 0.15) is 15.4 Å². The highest BCUT2D eigenvalue weighted by molar-refractivity contribution is 7.21. The van der Waals surface area contributed by atoms with Crippen molar-refractivity contribution in [1.82, 2.24) is 15.0 Å². The summed E-state index contributed by atoms with van der Waals surface area (Å²) in [5, 5.41) is 3.76. The highest BCUT2D eigenvalue weighted by atomic mass is 32.1. The molecule has 30 heavy (non-hydrogen) atoms. The highest BCUT2D eigenvalue weighted by Crippen LogP contribution is 2.33. The lowest BCUT2D eigenvalue weighted by Gasteiger charge is -2.07. The van der Waals surface area contributed by atoms with Crippen LogP contribution in [0, 0.1) is 0 Å². The molecule has 5 aromatic rings. The van der Waals surface area contributed by atoms with Gasteiger partial charge in [-0.3, -0.25) is 4.79 Å². The van der Waals surface area contributed by atoms with Gasteiger partial charge < -0.3 is 5.32 Å². The quantitative estimate of drug-likeness (QED) is 0.416. The molecule has 0 radical (unpaired) electrons. The first-order chi connectivity index (χ1) is 14.8. The number of fused-ring (bicyclic) bond motifs is 1. The molecule has 0 unspecified atom stereocenters. The number of rotatable bonds is 4. The Labute approximate surface area is 177 Å². The molecular weight excluding hydrogens is 392 g/mol. The van der Waals surface area contributed by atoms with E-state index in [1.807, 2.05) is 78.9 Å². The Morgan fingerprint density at radius 3 is 1.97 bits per heavy atom. The predicted molar refractivity (Wildman–Crippen MR) is 120 cm³/mol. The SMILES string of the molecule is O=C(Nc1nc(-c2ccccc2)nc2sc(-c3ccccc3)nc12)c1ccccc1. The summed E-state index contributed by atoms with van der Waals surface area (Å²) in [6.07, 6.45) is 0. The molecule has 1 amide bonds. The molecule has 0 bridgehead atoms. The second-order valence-electron chi connectivity index (χ2n) is 6.62. The Bertz CT molecular complexity index is 1320. The van der Waals surface area contributed by atoms with Gasteiger partial charge in [-0.15, -0.1) is 0 Å². The van der Waals surface area contributed by atoms with E-state index < -0.39 is 0 Å². The van der Waals surface area contributed by atoms with E-state index >= 15 is 0 Å². The summed E-state index contributed by atoms with van der Waals surface area (Å²) in [5.41, 5.74) is 3.03. The van der Waals surface area contributed by atoms with Gasteiger partial charge in [0, 0.05) is 16.7 Å². The predicted octanol–water partition coefficient (Wildman–Crippen LogP) is 5.67. The zero-order valence-corrected chi connectivity index (χ0v) is 16.6.